The Balaban J connectivity index is 2.02. The highest BCUT2D eigenvalue weighted by Gasteiger charge is 2.44. The third-order valence-corrected chi connectivity index (χ3v) is 15.0. The lowest BCUT2D eigenvalue weighted by Crippen LogP contribution is -2.60. The molecule has 0 aliphatic carbocycles. The summed E-state index contributed by atoms with van der Waals surface area (Å²) in [6.45, 7) is 3.79. The quantitative estimate of drug-likeness (QED) is 0.0261. The minimum absolute atomic E-state index is 0.172. The summed E-state index contributed by atoms with van der Waals surface area (Å²) in [5.74, 6) is -0.172. The van der Waals surface area contributed by atoms with Gasteiger partial charge in [0.05, 0.1) is 25.4 Å². The first-order valence-corrected chi connectivity index (χ1v) is 31.1. The predicted molar refractivity (Wildman–Crippen MR) is 300 cm³/mol. The molecule has 420 valence electrons. The van der Waals surface area contributed by atoms with E-state index in [4.69, 9.17) is 9.47 Å². The van der Waals surface area contributed by atoms with Crippen LogP contribution in [0.2, 0.25) is 0 Å². The number of aliphatic hydroxyl groups is 5. The van der Waals surface area contributed by atoms with Crippen molar-refractivity contribution < 1.29 is 39.8 Å². The standard InChI is InChI=1S/C62H119NO8/c1-3-5-7-9-11-13-15-16-17-18-19-20-21-22-23-24-25-26-27-28-29-30-31-32-33-34-35-36-37-38-39-40-42-44-46-48-50-52-58(66)63-55(54-70-62-61(69)60(68)59(67)57(53-64)71-62)56(65)51-49-47-45-43-41-14-12-10-8-6-4-2/h18-19,49,51,55-57,59-62,64-65,67-69H,3-17,20-48,50,52-54H2,1-2H3,(H,63,66)/b19-18-,51-49+. The van der Waals surface area contributed by atoms with E-state index >= 15 is 0 Å². The van der Waals surface area contributed by atoms with E-state index in [2.05, 4.69) is 31.3 Å². The molecule has 0 spiro atoms. The Labute approximate surface area is 439 Å². The van der Waals surface area contributed by atoms with Gasteiger partial charge in [0.1, 0.15) is 24.4 Å². The summed E-state index contributed by atoms with van der Waals surface area (Å²) in [6, 6.07) is -0.800. The highest BCUT2D eigenvalue weighted by molar-refractivity contribution is 5.76. The summed E-state index contributed by atoms with van der Waals surface area (Å²) in [7, 11) is 0. The highest BCUT2D eigenvalue weighted by atomic mass is 16.7. The summed E-state index contributed by atoms with van der Waals surface area (Å²) in [5.41, 5.74) is 0. The van der Waals surface area contributed by atoms with Gasteiger partial charge in [-0.15, -0.1) is 0 Å². The van der Waals surface area contributed by atoms with Gasteiger partial charge in [-0.2, -0.15) is 0 Å². The smallest absolute Gasteiger partial charge is 0.220 e. The van der Waals surface area contributed by atoms with Gasteiger partial charge in [-0.3, -0.25) is 4.79 Å². The first-order chi connectivity index (χ1) is 34.8. The Morgan fingerprint density at radius 3 is 1.14 bits per heavy atom. The summed E-state index contributed by atoms with van der Waals surface area (Å²) in [6.07, 6.45) is 60.1. The van der Waals surface area contributed by atoms with Crippen molar-refractivity contribution in [1.29, 1.82) is 0 Å². The lowest BCUT2D eigenvalue weighted by Gasteiger charge is -2.40. The number of carbonyl (C=O) groups excluding carboxylic acids is 1. The van der Waals surface area contributed by atoms with Crippen LogP contribution in [0.25, 0.3) is 0 Å². The number of amides is 1. The van der Waals surface area contributed by atoms with Crippen LogP contribution in [0.1, 0.15) is 309 Å². The van der Waals surface area contributed by atoms with Crippen LogP contribution in [0.15, 0.2) is 24.3 Å². The van der Waals surface area contributed by atoms with Gasteiger partial charge in [0, 0.05) is 6.42 Å². The molecule has 1 fully saturated rings. The second-order valence-corrected chi connectivity index (χ2v) is 21.9. The minimum Gasteiger partial charge on any atom is -0.394 e. The van der Waals surface area contributed by atoms with Crippen molar-refractivity contribution >= 4 is 5.91 Å². The molecule has 0 aromatic heterocycles. The lowest BCUT2D eigenvalue weighted by molar-refractivity contribution is -0.302. The van der Waals surface area contributed by atoms with Crippen LogP contribution in [0, 0.1) is 0 Å². The first kappa shape index (κ1) is 67.7. The molecule has 6 N–H and O–H groups in total. The van der Waals surface area contributed by atoms with Crippen molar-refractivity contribution in [2.24, 2.45) is 0 Å². The molecule has 1 rings (SSSR count). The Morgan fingerprint density at radius 1 is 0.465 bits per heavy atom. The van der Waals surface area contributed by atoms with Gasteiger partial charge in [0.25, 0.3) is 0 Å². The Morgan fingerprint density at radius 2 is 0.789 bits per heavy atom. The molecule has 0 aromatic rings. The number of ether oxygens (including phenoxy) is 2. The maximum absolute atomic E-state index is 13.0. The lowest BCUT2D eigenvalue weighted by atomic mass is 9.99. The zero-order chi connectivity index (χ0) is 51.5. The number of rotatable bonds is 54. The molecule has 0 bridgehead atoms. The normalized spacial score (nSPS) is 19.3. The molecule has 1 saturated heterocycles. The Kier molecular flexibility index (Phi) is 49.7. The molecule has 0 saturated carbocycles. The second-order valence-electron chi connectivity index (χ2n) is 21.9. The van der Waals surface area contributed by atoms with Gasteiger partial charge in [0.2, 0.25) is 5.91 Å². The van der Waals surface area contributed by atoms with E-state index in [9.17, 15) is 30.3 Å². The maximum Gasteiger partial charge on any atom is 0.220 e. The zero-order valence-electron chi connectivity index (χ0n) is 46.8. The van der Waals surface area contributed by atoms with E-state index in [1.165, 1.54) is 250 Å². The van der Waals surface area contributed by atoms with E-state index in [1.54, 1.807) is 6.08 Å². The largest absolute Gasteiger partial charge is 0.394 e. The summed E-state index contributed by atoms with van der Waals surface area (Å²) in [4.78, 5) is 13.0. The van der Waals surface area contributed by atoms with Crippen LogP contribution >= 0.6 is 0 Å². The average Bonchev–Trinajstić information content (AvgIpc) is 3.37. The summed E-state index contributed by atoms with van der Waals surface area (Å²) >= 11 is 0. The second kappa shape index (κ2) is 52.1. The number of carbonyl (C=O) groups is 1. The fraction of sp³-hybridized carbons (Fsp3) is 0.919. The topological polar surface area (TPSA) is 149 Å². The van der Waals surface area contributed by atoms with Crippen molar-refractivity contribution in [1.82, 2.24) is 5.32 Å². The number of unbranched alkanes of at least 4 members (excludes halogenated alkanes) is 42. The van der Waals surface area contributed by atoms with Crippen molar-refractivity contribution in [2.45, 2.75) is 352 Å². The molecule has 1 amide bonds. The van der Waals surface area contributed by atoms with Crippen LogP contribution < -0.4 is 5.32 Å². The summed E-state index contributed by atoms with van der Waals surface area (Å²) in [5, 5.41) is 54.3. The maximum atomic E-state index is 13.0. The SMILES string of the molecule is CCCCCCCCCC/C=C\CCCCCCCCCCCCCCCCCCCCCCCCCCCC(=O)NC(COC1OC(CO)C(O)C(O)C1O)C(O)/C=C/CCCCCCCCCCC. The first-order valence-electron chi connectivity index (χ1n) is 31.1. The minimum atomic E-state index is -1.56. The molecule has 0 radical (unpaired) electrons. The fourth-order valence-corrected chi connectivity index (χ4v) is 10.1. The molecule has 71 heavy (non-hydrogen) atoms. The van der Waals surface area contributed by atoms with Gasteiger partial charge in [0.15, 0.2) is 6.29 Å². The fourth-order valence-electron chi connectivity index (χ4n) is 10.1. The molecule has 9 nitrogen and oxygen atoms in total. The number of hydrogen-bond acceptors (Lipinski definition) is 8. The number of aliphatic hydroxyl groups excluding tert-OH is 5. The van der Waals surface area contributed by atoms with E-state index in [1.807, 2.05) is 6.08 Å². The molecular formula is C62H119NO8. The van der Waals surface area contributed by atoms with E-state index in [0.29, 0.717) is 6.42 Å². The molecule has 1 heterocycles. The van der Waals surface area contributed by atoms with Gasteiger partial charge in [-0.1, -0.05) is 282 Å². The molecule has 1 aliphatic rings. The number of hydrogen-bond donors (Lipinski definition) is 6. The monoisotopic (exact) mass is 1010 g/mol. The van der Waals surface area contributed by atoms with Crippen molar-refractivity contribution in [3.63, 3.8) is 0 Å². The van der Waals surface area contributed by atoms with Crippen LogP contribution in [0.3, 0.4) is 0 Å². The average molecular weight is 1010 g/mol. The van der Waals surface area contributed by atoms with Crippen molar-refractivity contribution in [3.05, 3.63) is 24.3 Å². The van der Waals surface area contributed by atoms with Crippen LogP contribution in [0.5, 0.6) is 0 Å². The predicted octanol–water partition coefficient (Wildman–Crippen LogP) is 15.7. The third-order valence-electron chi connectivity index (χ3n) is 15.0. The van der Waals surface area contributed by atoms with Crippen LogP contribution in [-0.2, 0) is 14.3 Å². The van der Waals surface area contributed by atoms with Gasteiger partial charge in [-0.25, -0.2) is 0 Å². The van der Waals surface area contributed by atoms with E-state index in [0.717, 1.165) is 38.5 Å². The number of allylic oxidation sites excluding steroid dienone is 3. The van der Waals surface area contributed by atoms with E-state index < -0.39 is 49.5 Å². The highest BCUT2D eigenvalue weighted by Crippen LogP contribution is 2.23. The molecule has 1 aliphatic heterocycles. The van der Waals surface area contributed by atoms with Crippen LogP contribution in [0.4, 0.5) is 0 Å². The molecule has 9 heteroatoms. The Bertz CT molecular complexity index is 1170. The van der Waals surface area contributed by atoms with Crippen molar-refractivity contribution in [3.8, 4) is 0 Å². The Hall–Kier alpha value is -1.33. The molecule has 7 unspecified atom stereocenters. The zero-order valence-corrected chi connectivity index (χ0v) is 46.8. The van der Waals surface area contributed by atoms with E-state index in [-0.39, 0.29) is 12.5 Å². The van der Waals surface area contributed by atoms with Crippen molar-refractivity contribution in [2.75, 3.05) is 13.2 Å². The molecule has 0 aromatic carbocycles. The molecule has 7 atom stereocenters. The number of nitrogens with one attached hydrogen (secondary N) is 1. The third kappa shape index (κ3) is 41.6. The van der Waals surface area contributed by atoms with Crippen LogP contribution in [-0.4, -0.2) is 87.5 Å². The van der Waals surface area contributed by atoms with Gasteiger partial charge < -0.3 is 40.3 Å². The van der Waals surface area contributed by atoms with Gasteiger partial charge in [-0.05, 0) is 44.9 Å². The van der Waals surface area contributed by atoms with Gasteiger partial charge >= 0.3 is 0 Å². The summed E-state index contributed by atoms with van der Waals surface area (Å²) < 4.78 is 11.2. The molecular weight excluding hydrogens is 887 g/mol.